The largest absolute Gasteiger partial charge is 0.505 e. The molecule has 3 rings (SSSR count). The molecule has 1 N–H and O–H groups in total. The number of rotatable bonds is 1. The third-order valence-corrected chi connectivity index (χ3v) is 2.56. The molecule has 0 aliphatic heterocycles. The van der Waals surface area contributed by atoms with Crippen molar-refractivity contribution < 1.29 is 9.50 Å². The lowest BCUT2D eigenvalue weighted by Crippen LogP contribution is -1.87. The summed E-state index contributed by atoms with van der Waals surface area (Å²) in [4.78, 5) is 4.06. The third-order valence-electron chi connectivity index (χ3n) is 2.56. The molecule has 17 heavy (non-hydrogen) atoms. The van der Waals surface area contributed by atoms with Gasteiger partial charge in [-0.15, -0.1) is 0 Å². The van der Waals surface area contributed by atoms with Gasteiger partial charge in [-0.05, 0) is 35.4 Å². The van der Waals surface area contributed by atoms with Crippen molar-refractivity contribution in [1.82, 2.24) is 14.6 Å². The topological polar surface area (TPSA) is 50.4 Å². The van der Waals surface area contributed by atoms with Gasteiger partial charge in [0.05, 0.1) is 0 Å². The molecule has 0 amide bonds. The molecular formula is C12H8FN3O. The van der Waals surface area contributed by atoms with Crippen LogP contribution >= 0.6 is 0 Å². The van der Waals surface area contributed by atoms with Crippen LogP contribution in [0, 0.1) is 5.82 Å². The van der Waals surface area contributed by atoms with Gasteiger partial charge in [-0.2, -0.15) is 5.10 Å². The fraction of sp³-hybridized carbons (Fsp3) is 0. The Bertz CT molecular complexity index is 693. The molecule has 5 heteroatoms. The summed E-state index contributed by atoms with van der Waals surface area (Å²) in [7, 11) is 0. The van der Waals surface area contributed by atoms with Crippen molar-refractivity contribution in [3.05, 3.63) is 48.7 Å². The van der Waals surface area contributed by atoms with Gasteiger partial charge in [0.25, 0.3) is 0 Å². The Morgan fingerprint density at radius 3 is 2.76 bits per heavy atom. The van der Waals surface area contributed by atoms with Gasteiger partial charge in [-0.1, -0.05) is 6.07 Å². The highest BCUT2D eigenvalue weighted by Crippen LogP contribution is 2.25. The number of aromatic hydroxyl groups is 1. The summed E-state index contributed by atoms with van der Waals surface area (Å²) in [5.41, 5.74) is 2.28. The SMILES string of the molecule is Oc1cc(-c2ccn3ncnc3c2)ccc1F. The molecule has 0 fully saturated rings. The van der Waals surface area contributed by atoms with E-state index in [-0.39, 0.29) is 5.75 Å². The number of hydrogen-bond donors (Lipinski definition) is 1. The number of aromatic nitrogens is 3. The van der Waals surface area contributed by atoms with Crippen LogP contribution in [0.4, 0.5) is 4.39 Å². The molecule has 0 atom stereocenters. The van der Waals surface area contributed by atoms with Crippen molar-refractivity contribution in [3.8, 4) is 16.9 Å². The molecule has 2 heterocycles. The second-order valence-electron chi connectivity index (χ2n) is 3.64. The van der Waals surface area contributed by atoms with E-state index in [0.717, 1.165) is 11.1 Å². The lowest BCUT2D eigenvalue weighted by molar-refractivity contribution is 0.433. The number of phenols is 1. The van der Waals surface area contributed by atoms with Gasteiger partial charge in [0.15, 0.2) is 17.2 Å². The van der Waals surface area contributed by atoms with Gasteiger partial charge >= 0.3 is 0 Å². The summed E-state index contributed by atoms with van der Waals surface area (Å²) in [6, 6.07) is 7.88. The highest BCUT2D eigenvalue weighted by atomic mass is 19.1. The van der Waals surface area contributed by atoms with Crippen molar-refractivity contribution >= 4 is 5.65 Å². The molecule has 0 aliphatic carbocycles. The van der Waals surface area contributed by atoms with E-state index < -0.39 is 5.82 Å². The van der Waals surface area contributed by atoms with Crippen LogP contribution < -0.4 is 0 Å². The van der Waals surface area contributed by atoms with Crippen LogP contribution in [-0.2, 0) is 0 Å². The molecule has 2 aromatic heterocycles. The standard InChI is InChI=1S/C12H8FN3O/c13-10-2-1-8(5-11(10)17)9-3-4-16-12(6-9)14-7-15-16/h1-7,17H. The predicted octanol–water partition coefficient (Wildman–Crippen LogP) is 2.24. The van der Waals surface area contributed by atoms with E-state index in [0.29, 0.717) is 5.65 Å². The van der Waals surface area contributed by atoms with Crippen LogP contribution in [-0.4, -0.2) is 19.7 Å². The van der Waals surface area contributed by atoms with Gasteiger partial charge in [-0.3, -0.25) is 0 Å². The first-order valence-corrected chi connectivity index (χ1v) is 5.02. The van der Waals surface area contributed by atoms with Crippen molar-refractivity contribution in [2.24, 2.45) is 0 Å². The number of nitrogens with zero attached hydrogens (tertiary/aromatic N) is 3. The normalized spacial score (nSPS) is 10.9. The lowest BCUT2D eigenvalue weighted by atomic mass is 10.1. The number of pyridine rings is 1. The van der Waals surface area contributed by atoms with Crippen molar-refractivity contribution in [1.29, 1.82) is 0 Å². The van der Waals surface area contributed by atoms with Crippen molar-refractivity contribution in [2.45, 2.75) is 0 Å². The molecule has 1 aromatic carbocycles. The summed E-state index contributed by atoms with van der Waals surface area (Å²) in [6.07, 6.45) is 3.22. The van der Waals surface area contributed by atoms with Crippen LogP contribution in [0.2, 0.25) is 0 Å². The van der Waals surface area contributed by atoms with Gasteiger partial charge in [-0.25, -0.2) is 13.9 Å². The summed E-state index contributed by atoms with van der Waals surface area (Å²) < 4.78 is 14.6. The summed E-state index contributed by atoms with van der Waals surface area (Å²) >= 11 is 0. The second kappa shape index (κ2) is 3.55. The molecule has 0 saturated carbocycles. The monoisotopic (exact) mass is 229 g/mol. The fourth-order valence-electron chi connectivity index (χ4n) is 1.69. The van der Waals surface area contributed by atoms with Crippen molar-refractivity contribution in [3.63, 3.8) is 0 Å². The maximum Gasteiger partial charge on any atom is 0.164 e. The zero-order chi connectivity index (χ0) is 11.8. The first-order chi connectivity index (χ1) is 8.24. The fourth-order valence-corrected chi connectivity index (χ4v) is 1.69. The minimum atomic E-state index is -0.627. The van der Waals surface area contributed by atoms with Crippen LogP contribution in [0.3, 0.4) is 0 Å². The van der Waals surface area contributed by atoms with E-state index >= 15 is 0 Å². The molecule has 0 spiro atoms. The Kier molecular flexibility index (Phi) is 2.04. The lowest BCUT2D eigenvalue weighted by Gasteiger charge is -2.03. The highest BCUT2D eigenvalue weighted by molar-refractivity contribution is 5.68. The summed E-state index contributed by atoms with van der Waals surface area (Å²) in [5.74, 6) is -0.985. The van der Waals surface area contributed by atoms with Crippen molar-refractivity contribution in [2.75, 3.05) is 0 Å². The zero-order valence-electron chi connectivity index (χ0n) is 8.71. The quantitative estimate of drug-likeness (QED) is 0.696. The molecule has 0 saturated heterocycles. The van der Waals surface area contributed by atoms with Crippen LogP contribution in [0.25, 0.3) is 16.8 Å². The van der Waals surface area contributed by atoms with Crippen LogP contribution in [0.5, 0.6) is 5.75 Å². The molecule has 3 aromatic rings. The van der Waals surface area contributed by atoms with Gasteiger partial charge < -0.3 is 5.11 Å². The van der Waals surface area contributed by atoms with E-state index in [2.05, 4.69) is 10.1 Å². The Balaban J connectivity index is 2.16. The number of halogens is 1. The van der Waals surface area contributed by atoms with E-state index in [1.54, 1.807) is 16.8 Å². The molecule has 0 bridgehead atoms. The second-order valence-corrected chi connectivity index (χ2v) is 3.64. The minimum absolute atomic E-state index is 0.358. The molecule has 0 aliphatic rings. The number of benzene rings is 1. The Labute approximate surface area is 96.0 Å². The van der Waals surface area contributed by atoms with Crippen LogP contribution in [0.1, 0.15) is 0 Å². The average Bonchev–Trinajstić information content (AvgIpc) is 2.79. The van der Waals surface area contributed by atoms with E-state index in [1.807, 2.05) is 12.1 Å². The predicted molar refractivity (Wildman–Crippen MR) is 60.0 cm³/mol. The number of phenolic OH excluding ortho intramolecular Hbond substituents is 1. The smallest absolute Gasteiger partial charge is 0.164 e. The first kappa shape index (κ1) is 9.77. The first-order valence-electron chi connectivity index (χ1n) is 5.02. The number of fused-ring (bicyclic) bond motifs is 1. The molecule has 0 unspecified atom stereocenters. The zero-order valence-corrected chi connectivity index (χ0v) is 8.71. The van der Waals surface area contributed by atoms with Crippen LogP contribution in [0.15, 0.2) is 42.9 Å². The maximum atomic E-state index is 12.9. The van der Waals surface area contributed by atoms with E-state index in [1.165, 1.54) is 18.5 Å². The Morgan fingerprint density at radius 2 is 1.94 bits per heavy atom. The highest BCUT2D eigenvalue weighted by Gasteiger charge is 2.05. The van der Waals surface area contributed by atoms with Gasteiger partial charge in [0.1, 0.15) is 6.33 Å². The molecule has 0 radical (unpaired) electrons. The van der Waals surface area contributed by atoms with E-state index in [9.17, 15) is 9.50 Å². The Morgan fingerprint density at radius 1 is 1.12 bits per heavy atom. The summed E-state index contributed by atoms with van der Waals surface area (Å²) in [5, 5.41) is 13.3. The summed E-state index contributed by atoms with van der Waals surface area (Å²) in [6.45, 7) is 0. The molecular weight excluding hydrogens is 221 g/mol. The molecule has 4 nitrogen and oxygen atoms in total. The third kappa shape index (κ3) is 1.61. The van der Waals surface area contributed by atoms with E-state index in [4.69, 9.17) is 0 Å². The maximum absolute atomic E-state index is 12.9. The number of hydrogen-bond acceptors (Lipinski definition) is 3. The minimum Gasteiger partial charge on any atom is -0.505 e. The Hall–Kier alpha value is -2.43. The van der Waals surface area contributed by atoms with Gasteiger partial charge in [0.2, 0.25) is 0 Å². The average molecular weight is 229 g/mol. The van der Waals surface area contributed by atoms with Gasteiger partial charge in [0, 0.05) is 6.20 Å². The molecule has 84 valence electrons.